The maximum Gasteiger partial charge on any atom is 0.160 e. The monoisotopic (exact) mass is 1580 g/mol. The van der Waals surface area contributed by atoms with Crippen molar-refractivity contribution in [2.24, 2.45) is 0 Å². The van der Waals surface area contributed by atoms with Gasteiger partial charge in [0.25, 0.3) is 0 Å². The molecular formula is C116H74N8. The first-order valence-electron chi connectivity index (χ1n) is 42.2. The molecule has 18 aromatic carbocycles. The molecule has 578 valence electrons. The number of nitrogens with zero attached hydrogens (tertiary/aromatic N) is 8. The third-order valence-electron chi connectivity index (χ3n) is 24.8. The van der Waals surface area contributed by atoms with Crippen molar-refractivity contribution >= 4 is 87.2 Å². The van der Waals surface area contributed by atoms with Gasteiger partial charge in [0.2, 0.25) is 0 Å². The van der Waals surface area contributed by atoms with Crippen LogP contribution in [0.4, 0.5) is 0 Å². The van der Waals surface area contributed by atoms with Crippen molar-refractivity contribution in [2.45, 2.75) is 0 Å². The molecule has 0 unspecified atom stereocenters. The van der Waals surface area contributed by atoms with Crippen LogP contribution in [-0.4, -0.2) is 38.2 Å². The fourth-order valence-corrected chi connectivity index (χ4v) is 18.8. The summed E-state index contributed by atoms with van der Waals surface area (Å²) < 4.78 is 9.70. The fourth-order valence-electron chi connectivity index (χ4n) is 18.8. The molecule has 0 bridgehead atoms. The largest absolute Gasteiger partial charge is 0.309 e. The second-order valence-electron chi connectivity index (χ2n) is 32.1. The van der Waals surface area contributed by atoms with Gasteiger partial charge in [-0.2, -0.15) is 0 Å². The molecule has 0 spiro atoms. The Morgan fingerprint density at radius 2 is 0.363 bits per heavy atom. The minimum absolute atomic E-state index is 0.677. The molecule has 0 aliphatic rings. The molecule has 0 N–H and O–H groups in total. The van der Waals surface area contributed by atoms with E-state index in [4.69, 9.17) is 19.9 Å². The lowest BCUT2D eigenvalue weighted by Gasteiger charge is -2.13. The normalized spacial score (nSPS) is 11.7. The van der Waals surface area contributed by atoms with Gasteiger partial charge in [0.1, 0.15) is 0 Å². The molecule has 0 saturated heterocycles. The molecule has 0 radical (unpaired) electrons. The molecule has 6 heterocycles. The smallest absolute Gasteiger partial charge is 0.160 e. The van der Waals surface area contributed by atoms with Crippen LogP contribution in [0.3, 0.4) is 0 Å². The lowest BCUT2D eigenvalue weighted by atomic mass is 10.00. The Hall–Kier alpha value is -16.7. The van der Waals surface area contributed by atoms with E-state index in [0.29, 0.717) is 11.6 Å². The number of aromatic nitrogens is 8. The van der Waals surface area contributed by atoms with Gasteiger partial charge in [-0.3, -0.25) is 0 Å². The summed E-state index contributed by atoms with van der Waals surface area (Å²) in [7, 11) is 0. The Morgan fingerprint density at radius 1 is 0.121 bits per heavy atom. The number of hydrogen-bond donors (Lipinski definition) is 0. The molecule has 24 aromatic rings. The Bertz CT molecular complexity index is 8180. The van der Waals surface area contributed by atoms with Crippen molar-refractivity contribution in [3.63, 3.8) is 0 Å². The van der Waals surface area contributed by atoms with Gasteiger partial charge in [-0.15, -0.1) is 0 Å². The summed E-state index contributed by atoms with van der Waals surface area (Å²) in [5.41, 5.74) is 34.5. The van der Waals surface area contributed by atoms with Crippen LogP contribution in [0, 0.1) is 0 Å². The highest BCUT2D eigenvalue weighted by Crippen LogP contribution is 2.45. The zero-order valence-corrected chi connectivity index (χ0v) is 67.3. The number of para-hydroxylation sites is 4. The first-order valence-corrected chi connectivity index (χ1v) is 42.2. The molecule has 0 fully saturated rings. The predicted molar refractivity (Wildman–Crippen MR) is 515 cm³/mol. The fraction of sp³-hybridized carbons (Fsp3) is 0. The van der Waals surface area contributed by atoms with E-state index in [1.807, 2.05) is 36.4 Å². The summed E-state index contributed by atoms with van der Waals surface area (Å²) >= 11 is 0. The average Bonchev–Trinajstić information content (AvgIpc) is 1.62. The quantitative estimate of drug-likeness (QED) is 0.103. The number of hydrogen-bond acceptors (Lipinski definition) is 4. The van der Waals surface area contributed by atoms with Gasteiger partial charge in [-0.05, 0) is 189 Å². The van der Waals surface area contributed by atoms with Gasteiger partial charge in [0, 0.05) is 99.2 Å². The van der Waals surface area contributed by atoms with Crippen molar-refractivity contribution in [2.75, 3.05) is 0 Å². The van der Waals surface area contributed by atoms with Crippen LogP contribution in [0.2, 0.25) is 0 Å². The van der Waals surface area contributed by atoms with Crippen LogP contribution in [0.5, 0.6) is 0 Å². The highest BCUT2D eigenvalue weighted by atomic mass is 15.0. The van der Waals surface area contributed by atoms with Crippen molar-refractivity contribution in [3.05, 3.63) is 449 Å². The van der Waals surface area contributed by atoms with E-state index >= 15 is 0 Å². The molecule has 0 amide bonds. The van der Waals surface area contributed by atoms with Crippen LogP contribution < -0.4 is 0 Å². The van der Waals surface area contributed by atoms with Crippen LogP contribution in [0.15, 0.2) is 449 Å². The summed E-state index contributed by atoms with van der Waals surface area (Å²) in [4.78, 5) is 20.6. The number of benzene rings is 18. The van der Waals surface area contributed by atoms with Crippen LogP contribution in [0.1, 0.15) is 0 Å². The molecule has 0 atom stereocenters. The zero-order chi connectivity index (χ0) is 81.7. The number of fused-ring (bicyclic) bond motifs is 12. The highest BCUT2D eigenvalue weighted by molar-refractivity contribution is 6.15. The highest BCUT2D eigenvalue weighted by Gasteiger charge is 2.23. The van der Waals surface area contributed by atoms with Gasteiger partial charge in [-0.25, -0.2) is 19.9 Å². The van der Waals surface area contributed by atoms with Crippen LogP contribution in [0.25, 0.3) is 233 Å². The summed E-state index contributed by atoms with van der Waals surface area (Å²) in [5, 5.41) is 9.63. The topological polar surface area (TPSA) is 71.3 Å². The van der Waals surface area contributed by atoms with Crippen molar-refractivity contribution in [1.29, 1.82) is 0 Å². The molecule has 0 aliphatic carbocycles. The van der Waals surface area contributed by atoms with Crippen molar-refractivity contribution in [1.82, 2.24) is 38.2 Å². The van der Waals surface area contributed by atoms with Gasteiger partial charge in [-0.1, -0.05) is 315 Å². The first kappa shape index (κ1) is 71.4. The zero-order valence-electron chi connectivity index (χ0n) is 67.3. The molecular weight excluding hydrogens is 1510 g/mol. The minimum atomic E-state index is 0.677. The lowest BCUT2D eigenvalue weighted by molar-refractivity contribution is 1.18. The summed E-state index contributed by atoms with van der Waals surface area (Å²) in [6.07, 6.45) is 0. The van der Waals surface area contributed by atoms with E-state index in [2.05, 4.69) is 431 Å². The summed E-state index contributed by atoms with van der Waals surface area (Å²) in [6.45, 7) is 0. The second kappa shape index (κ2) is 29.7. The Balaban J connectivity index is 0.571. The van der Waals surface area contributed by atoms with E-state index in [9.17, 15) is 0 Å². The van der Waals surface area contributed by atoms with Crippen molar-refractivity contribution < 1.29 is 0 Å². The average molecular weight is 1580 g/mol. The van der Waals surface area contributed by atoms with E-state index in [0.717, 1.165) is 168 Å². The summed E-state index contributed by atoms with van der Waals surface area (Å²) in [6, 6.07) is 162. The summed E-state index contributed by atoms with van der Waals surface area (Å²) in [5.74, 6) is 1.38. The number of rotatable bonds is 15. The third kappa shape index (κ3) is 12.5. The van der Waals surface area contributed by atoms with Crippen molar-refractivity contribution in [3.8, 4) is 146 Å². The van der Waals surface area contributed by atoms with E-state index in [-0.39, 0.29) is 0 Å². The molecule has 124 heavy (non-hydrogen) atoms. The van der Waals surface area contributed by atoms with Gasteiger partial charge < -0.3 is 18.3 Å². The van der Waals surface area contributed by atoms with Gasteiger partial charge in [0.15, 0.2) is 11.6 Å². The van der Waals surface area contributed by atoms with E-state index in [1.165, 1.54) is 54.1 Å². The van der Waals surface area contributed by atoms with Crippen LogP contribution >= 0.6 is 0 Å². The SMILES string of the molecule is c1ccc(-c2cc(-c3cccc(-c4ccc(-n5c6ccccc6c6cc(-c7ccc8c9ccccc9n(-c9ccc(-c%10ccc%11c%12cc(-c%13ccc%14c%15ccccc%15n(-c%15ccccc%15)c%14c%13)ccc%12n(-c%12ccc(-c%13cccc(-c%14nc(-c%15ccccc%15)cc(-c%15ccccc%15)n%14)c%13)cc%12)c%11c%10)cc9)c8c7)ccc65)cc4)c3)nc(-c3ccccc3)n2)cc1. The molecule has 0 aliphatic heterocycles. The molecule has 24 rings (SSSR count). The Labute approximate surface area is 715 Å². The maximum atomic E-state index is 5.21. The lowest BCUT2D eigenvalue weighted by Crippen LogP contribution is -1.96. The Kier molecular flexibility index (Phi) is 17.1. The minimum Gasteiger partial charge on any atom is -0.309 e. The second-order valence-corrected chi connectivity index (χ2v) is 32.1. The van der Waals surface area contributed by atoms with E-state index in [1.54, 1.807) is 0 Å². The van der Waals surface area contributed by atoms with Crippen LogP contribution in [-0.2, 0) is 0 Å². The third-order valence-corrected chi connectivity index (χ3v) is 24.8. The Morgan fingerprint density at radius 3 is 0.774 bits per heavy atom. The molecule has 0 saturated carbocycles. The van der Waals surface area contributed by atoms with Gasteiger partial charge >= 0.3 is 0 Å². The molecule has 8 heteroatoms. The first-order chi connectivity index (χ1) is 61.4. The standard InChI is InChI=1S/C116H74N8/c1-6-24-78(25-7-1)103-73-104(79-26-8-2-9-27-79)119-116(118-103)90-35-23-33-83(67-90)76-46-57-94(58-47-76)124-111-65-54-85(87-51-61-98-95-38-16-19-41-107(95)122(112(98)71-87)91-36-14-5-15-37-91)69-102(111)100-63-50-86(70-114(100)124)77-48-59-93(60-49-77)123-108-42-20-17-39-96(108)99-62-52-88(72-113(99)123)84-53-64-110-101(68-84)97-40-18-21-43-109(97)121(110)92-55-44-75(45-56-92)82-32-22-34-89(66-82)106-74-105(80-28-10-3-11-29-80)117-115(120-106)81-30-12-4-13-31-81/h1-74H. The van der Waals surface area contributed by atoms with Gasteiger partial charge in [0.05, 0.1) is 66.9 Å². The molecule has 6 aromatic heterocycles. The maximum absolute atomic E-state index is 5.21. The van der Waals surface area contributed by atoms with E-state index < -0.39 is 0 Å². The molecule has 8 nitrogen and oxygen atoms in total. The predicted octanol–water partition coefficient (Wildman–Crippen LogP) is 30.0.